The van der Waals surface area contributed by atoms with E-state index in [-0.39, 0.29) is 18.9 Å². The van der Waals surface area contributed by atoms with Gasteiger partial charge in [-0.2, -0.15) is 0 Å². The first-order valence-corrected chi connectivity index (χ1v) is 3.65. The van der Waals surface area contributed by atoms with E-state index in [1.807, 2.05) is 6.08 Å². The molecule has 0 N–H and O–H groups in total. The Hall–Kier alpha value is 0.207. The van der Waals surface area contributed by atoms with Gasteiger partial charge < -0.3 is 0 Å². The van der Waals surface area contributed by atoms with Crippen molar-refractivity contribution in [2.24, 2.45) is 5.92 Å². The summed E-state index contributed by atoms with van der Waals surface area (Å²) in [5.74, 6) is 0.822. The van der Waals surface area contributed by atoms with Crippen LogP contribution in [-0.4, -0.2) is 0 Å². The van der Waals surface area contributed by atoms with E-state index in [4.69, 9.17) is 0 Å². The van der Waals surface area contributed by atoms with Crippen LogP contribution in [0.25, 0.3) is 0 Å². The molecule has 54 valence electrons. The molecule has 0 aliphatic carbocycles. The van der Waals surface area contributed by atoms with Gasteiger partial charge in [0.15, 0.2) is 0 Å². The quantitative estimate of drug-likeness (QED) is 0.380. The fraction of sp³-hybridized carbons (Fsp3) is 0.667. The molecule has 1 unspecified atom stereocenters. The standard InChI is InChI=1S/C9H17.Li/c1-5-8(3)7-9(4)6-2;/h5,9H,1,6-7H2,2-4H3;/q-1;+1. The molecule has 0 amide bonds. The fourth-order valence-corrected chi connectivity index (χ4v) is 0.777. The summed E-state index contributed by atoms with van der Waals surface area (Å²) < 4.78 is 0. The number of rotatable bonds is 3. The van der Waals surface area contributed by atoms with Gasteiger partial charge in [-0.25, -0.2) is 18.6 Å². The van der Waals surface area contributed by atoms with Crippen LogP contribution in [0.4, 0.5) is 0 Å². The average Bonchev–Trinajstić information content (AvgIpc) is 1.87. The van der Waals surface area contributed by atoms with Gasteiger partial charge in [0.1, 0.15) is 0 Å². The molecule has 0 aromatic rings. The van der Waals surface area contributed by atoms with E-state index in [1.54, 1.807) is 0 Å². The summed E-state index contributed by atoms with van der Waals surface area (Å²) in [4.78, 5) is 0. The zero-order valence-electron chi connectivity index (χ0n) is 7.78. The zero-order chi connectivity index (χ0) is 7.28. The Morgan fingerprint density at radius 3 is 2.40 bits per heavy atom. The van der Waals surface area contributed by atoms with Gasteiger partial charge in [-0.3, -0.25) is 0 Å². The van der Waals surface area contributed by atoms with E-state index in [9.17, 15) is 0 Å². The molecule has 0 heterocycles. The zero-order valence-corrected chi connectivity index (χ0v) is 7.78. The predicted molar refractivity (Wildman–Crippen MR) is 43.2 cm³/mol. The van der Waals surface area contributed by atoms with E-state index >= 15 is 0 Å². The van der Waals surface area contributed by atoms with E-state index in [0.29, 0.717) is 0 Å². The fourth-order valence-electron chi connectivity index (χ4n) is 0.777. The van der Waals surface area contributed by atoms with Crippen molar-refractivity contribution in [3.8, 4) is 0 Å². The van der Waals surface area contributed by atoms with Crippen LogP contribution in [0, 0.1) is 12.8 Å². The smallest absolute Gasteiger partial charge is 0.245 e. The van der Waals surface area contributed by atoms with Crippen molar-refractivity contribution >= 4 is 0 Å². The van der Waals surface area contributed by atoms with E-state index in [0.717, 1.165) is 5.92 Å². The van der Waals surface area contributed by atoms with Gasteiger partial charge in [0.2, 0.25) is 0 Å². The maximum atomic E-state index is 3.71. The minimum atomic E-state index is 0. The van der Waals surface area contributed by atoms with Crippen LogP contribution < -0.4 is 18.9 Å². The molecule has 0 aromatic carbocycles. The van der Waals surface area contributed by atoms with Crippen molar-refractivity contribution in [1.29, 1.82) is 0 Å². The Morgan fingerprint density at radius 1 is 1.60 bits per heavy atom. The molecule has 0 spiro atoms. The number of allylic oxidation sites excluding steroid dienone is 2. The van der Waals surface area contributed by atoms with Gasteiger partial charge in [0, 0.05) is 0 Å². The third kappa shape index (κ3) is 6.33. The molecule has 0 radical (unpaired) electrons. The Labute approximate surface area is 77.3 Å². The second-order valence-electron chi connectivity index (χ2n) is 2.77. The monoisotopic (exact) mass is 132 g/mol. The SMILES string of the molecule is [CH2-]C=C(C)CC(C)CC.[Li+]. The van der Waals surface area contributed by atoms with Gasteiger partial charge in [-0.05, 0) is 0 Å². The number of hydrogen-bond acceptors (Lipinski definition) is 0. The Morgan fingerprint density at radius 2 is 2.10 bits per heavy atom. The summed E-state index contributed by atoms with van der Waals surface area (Å²) in [6.45, 7) is 10.3. The minimum absolute atomic E-state index is 0. The van der Waals surface area contributed by atoms with Crippen LogP contribution in [0.2, 0.25) is 0 Å². The molecule has 0 saturated carbocycles. The summed E-state index contributed by atoms with van der Waals surface area (Å²) in [6.07, 6.45) is 4.43. The average molecular weight is 132 g/mol. The molecule has 0 rings (SSSR count). The normalized spacial score (nSPS) is 14.1. The van der Waals surface area contributed by atoms with E-state index < -0.39 is 0 Å². The van der Waals surface area contributed by atoms with Crippen LogP contribution in [-0.2, 0) is 0 Å². The van der Waals surface area contributed by atoms with E-state index in [2.05, 4.69) is 27.7 Å². The molecule has 1 heteroatoms. The molecular weight excluding hydrogens is 115 g/mol. The molecule has 0 aliphatic heterocycles. The van der Waals surface area contributed by atoms with Crippen molar-refractivity contribution < 1.29 is 18.9 Å². The first-order chi connectivity index (χ1) is 4.20. The summed E-state index contributed by atoms with van der Waals surface area (Å²) in [6, 6.07) is 0. The third-order valence-electron chi connectivity index (χ3n) is 1.72. The summed E-state index contributed by atoms with van der Waals surface area (Å²) in [7, 11) is 0. The van der Waals surface area contributed by atoms with Gasteiger partial charge in [-0.1, -0.05) is 32.6 Å². The maximum Gasteiger partial charge on any atom is 1.00 e. The van der Waals surface area contributed by atoms with Crippen LogP contribution in [0.1, 0.15) is 33.6 Å². The summed E-state index contributed by atoms with van der Waals surface area (Å²) in [5.41, 5.74) is 1.41. The number of hydrogen-bond donors (Lipinski definition) is 0. The van der Waals surface area contributed by atoms with Gasteiger partial charge in [-0.15, -0.1) is 6.92 Å². The topological polar surface area (TPSA) is 0 Å². The van der Waals surface area contributed by atoms with Crippen molar-refractivity contribution in [2.75, 3.05) is 0 Å². The third-order valence-corrected chi connectivity index (χ3v) is 1.72. The minimum Gasteiger partial charge on any atom is -0.245 e. The molecule has 0 saturated heterocycles. The first kappa shape index (κ1) is 12.8. The second-order valence-corrected chi connectivity index (χ2v) is 2.77. The van der Waals surface area contributed by atoms with Crippen molar-refractivity contribution in [3.05, 3.63) is 18.6 Å². The Balaban J connectivity index is 0. The first-order valence-electron chi connectivity index (χ1n) is 3.65. The summed E-state index contributed by atoms with van der Waals surface area (Å²) >= 11 is 0. The Kier molecular flexibility index (Phi) is 9.40. The molecule has 1 atom stereocenters. The summed E-state index contributed by atoms with van der Waals surface area (Å²) in [5, 5.41) is 0. The molecule has 0 aliphatic rings. The molecular formula is C9H17Li. The van der Waals surface area contributed by atoms with Gasteiger partial charge >= 0.3 is 18.9 Å². The second kappa shape index (κ2) is 7.32. The van der Waals surface area contributed by atoms with E-state index in [1.165, 1.54) is 18.4 Å². The van der Waals surface area contributed by atoms with Crippen LogP contribution in [0.5, 0.6) is 0 Å². The largest absolute Gasteiger partial charge is 1.00 e. The van der Waals surface area contributed by atoms with Crippen molar-refractivity contribution in [2.45, 2.75) is 33.6 Å². The van der Waals surface area contributed by atoms with Crippen molar-refractivity contribution in [1.82, 2.24) is 0 Å². The molecule has 0 nitrogen and oxygen atoms in total. The molecule has 0 aromatic heterocycles. The van der Waals surface area contributed by atoms with Crippen molar-refractivity contribution in [3.63, 3.8) is 0 Å². The molecule has 0 bridgehead atoms. The van der Waals surface area contributed by atoms with Gasteiger partial charge in [0.05, 0.1) is 0 Å². The molecule has 0 fully saturated rings. The van der Waals surface area contributed by atoms with Crippen LogP contribution >= 0.6 is 0 Å². The maximum absolute atomic E-state index is 3.71. The Bertz CT molecular complexity index is 94.9. The predicted octanol–water partition coefficient (Wildman–Crippen LogP) is 0.207. The van der Waals surface area contributed by atoms with Gasteiger partial charge in [0.25, 0.3) is 0 Å². The molecule has 10 heavy (non-hydrogen) atoms. The van der Waals surface area contributed by atoms with Crippen LogP contribution in [0.15, 0.2) is 11.6 Å². The van der Waals surface area contributed by atoms with Crippen LogP contribution in [0.3, 0.4) is 0 Å².